The van der Waals surface area contributed by atoms with E-state index in [1.807, 2.05) is 12.1 Å². The summed E-state index contributed by atoms with van der Waals surface area (Å²) in [6.07, 6.45) is 26.6. The van der Waals surface area contributed by atoms with Crippen LogP contribution in [0, 0.1) is 0 Å². The third kappa shape index (κ3) is 10.3. The number of aryl methyl sites for hydroxylation is 1. The van der Waals surface area contributed by atoms with Crippen molar-refractivity contribution in [3.8, 4) is 27.4 Å². The molecular weight excluding hydrogens is 833 g/mol. The van der Waals surface area contributed by atoms with Crippen molar-refractivity contribution in [3.63, 3.8) is 0 Å². The Morgan fingerprint density at radius 3 is 1.66 bits per heavy atom. The number of hydrogen-bond donors (Lipinski definition) is 1. The first-order chi connectivity index (χ1) is 31.4. The summed E-state index contributed by atoms with van der Waals surface area (Å²) in [5, 5.41) is 16.9. The fraction of sp³-hybridized carbons (Fsp3) is 0.593. The van der Waals surface area contributed by atoms with Crippen LogP contribution < -0.4 is 22.0 Å². The van der Waals surface area contributed by atoms with Crippen LogP contribution in [0.3, 0.4) is 0 Å². The third-order valence-corrected chi connectivity index (χ3v) is 15.9. The largest absolute Gasteiger partial charge is 0.494 e. The van der Waals surface area contributed by atoms with E-state index < -0.39 is 0 Å². The van der Waals surface area contributed by atoms with Crippen molar-refractivity contribution in [2.45, 2.75) is 201 Å². The molecule has 0 spiro atoms. The second-order valence-electron chi connectivity index (χ2n) is 18.5. The molecule has 7 rings (SSSR count). The molecule has 8 nitrogen and oxygen atoms in total. The van der Waals surface area contributed by atoms with E-state index in [2.05, 4.69) is 49.8 Å². The van der Waals surface area contributed by atoms with Crippen LogP contribution in [0.1, 0.15) is 182 Å². The van der Waals surface area contributed by atoms with Crippen LogP contribution in [-0.2, 0) is 19.6 Å². The molecule has 1 aliphatic heterocycles. The van der Waals surface area contributed by atoms with E-state index in [0.717, 1.165) is 107 Å². The smallest absolute Gasteiger partial charge is 0.263 e. The van der Waals surface area contributed by atoms with E-state index >= 15 is 4.79 Å². The van der Waals surface area contributed by atoms with Crippen LogP contribution >= 0.6 is 22.7 Å². The number of hydrogen-bond acceptors (Lipinski definition) is 7. The summed E-state index contributed by atoms with van der Waals surface area (Å²) in [6.45, 7) is 11.1. The van der Waals surface area contributed by atoms with Crippen LogP contribution in [0.2, 0.25) is 0 Å². The van der Waals surface area contributed by atoms with Gasteiger partial charge in [-0.25, -0.2) is 0 Å². The van der Waals surface area contributed by atoms with Gasteiger partial charge in [0.05, 0.1) is 42.1 Å². The second-order valence-corrected chi connectivity index (χ2v) is 20.5. The van der Waals surface area contributed by atoms with Gasteiger partial charge in [0.1, 0.15) is 0 Å². The van der Waals surface area contributed by atoms with Gasteiger partial charge in [-0.2, -0.15) is 0 Å². The number of nitrogens with zero attached hydrogens (tertiary/aromatic N) is 4. The van der Waals surface area contributed by atoms with Crippen molar-refractivity contribution in [1.29, 1.82) is 0 Å². The van der Waals surface area contributed by atoms with E-state index in [4.69, 9.17) is 4.99 Å². The van der Waals surface area contributed by atoms with Crippen LogP contribution in [-0.4, -0.2) is 25.4 Å². The van der Waals surface area contributed by atoms with E-state index in [0.29, 0.717) is 63.2 Å². The van der Waals surface area contributed by atoms with Gasteiger partial charge in [0, 0.05) is 53.0 Å². The van der Waals surface area contributed by atoms with Gasteiger partial charge >= 0.3 is 0 Å². The minimum absolute atomic E-state index is 0.0957. The molecule has 5 aromatic rings. The molecule has 0 fully saturated rings. The minimum atomic E-state index is -0.333. The van der Waals surface area contributed by atoms with Gasteiger partial charge in [0.2, 0.25) is 5.88 Å². The maximum Gasteiger partial charge on any atom is 0.263 e. The monoisotopic (exact) mass is 907 g/mol. The fourth-order valence-corrected chi connectivity index (χ4v) is 12.3. The summed E-state index contributed by atoms with van der Waals surface area (Å²) in [6, 6.07) is 8.24. The van der Waals surface area contributed by atoms with Gasteiger partial charge in [0.15, 0.2) is 0 Å². The van der Waals surface area contributed by atoms with Crippen molar-refractivity contribution in [1.82, 2.24) is 13.7 Å². The Kier molecular flexibility index (Phi) is 17.6. The van der Waals surface area contributed by atoms with Crippen LogP contribution in [0.15, 0.2) is 49.0 Å². The van der Waals surface area contributed by atoms with Crippen LogP contribution in [0.25, 0.3) is 63.5 Å². The first-order valence-corrected chi connectivity index (χ1v) is 27.1. The average molecular weight is 907 g/mol. The predicted octanol–water partition coefficient (Wildman–Crippen LogP) is 14.6. The topological polar surface area (TPSA) is 98.6 Å². The van der Waals surface area contributed by atoms with Crippen molar-refractivity contribution in [2.24, 2.45) is 4.99 Å². The minimum Gasteiger partial charge on any atom is -0.494 e. The van der Waals surface area contributed by atoms with Gasteiger partial charge in [-0.15, -0.1) is 22.7 Å². The van der Waals surface area contributed by atoms with Crippen molar-refractivity contribution in [2.75, 3.05) is 6.54 Å². The normalized spacial score (nSPS) is 12.6. The van der Waals surface area contributed by atoms with E-state index in [1.54, 1.807) is 27.2 Å². The molecule has 5 heterocycles. The molecule has 4 aromatic heterocycles. The lowest BCUT2D eigenvalue weighted by Gasteiger charge is -2.21. The predicted molar refractivity (Wildman–Crippen MR) is 275 cm³/mol. The Morgan fingerprint density at radius 1 is 0.516 bits per heavy atom. The Morgan fingerprint density at radius 2 is 1.05 bits per heavy atom. The number of thiophene rings is 2. The molecule has 1 N–H and O–H groups in total. The van der Waals surface area contributed by atoms with E-state index in [9.17, 15) is 14.7 Å². The lowest BCUT2D eigenvalue weighted by atomic mass is 9.87. The van der Waals surface area contributed by atoms with Crippen molar-refractivity contribution < 1.29 is 5.11 Å². The number of fused-ring (bicyclic) bond motifs is 3. The Balaban J connectivity index is 1.43. The molecule has 0 unspecified atom stereocenters. The first kappa shape index (κ1) is 47.9. The molecule has 0 radical (unpaired) electrons. The van der Waals surface area contributed by atoms with Crippen LogP contribution in [0.4, 0.5) is 0 Å². The molecule has 2 aliphatic rings. The summed E-state index contributed by atoms with van der Waals surface area (Å²) in [7, 11) is 0. The zero-order chi connectivity index (χ0) is 45.0. The lowest BCUT2D eigenvalue weighted by Crippen LogP contribution is -2.37. The quantitative estimate of drug-likeness (QED) is 0.0374. The molecule has 0 saturated carbocycles. The zero-order valence-corrected chi connectivity index (χ0v) is 41.1. The summed E-state index contributed by atoms with van der Waals surface area (Å²) in [5.41, 5.74) is 3.09. The van der Waals surface area contributed by atoms with Crippen LogP contribution in [0.5, 0.6) is 5.88 Å². The molecule has 10 heteroatoms. The number of benzene rings is 2. The Labute approximate surface area is 388 Å². The van der Waals surface area contributed by atoms with Gasteiger partial charge in [0.25, 0.3) is 16.7 Å². The highest BCUT2D eigenvalue weighted by molar-refractivity contribution is 7.28. The van der Waals surface area contributed by atoms with E-state index in [-0.39, 0.29) is 22.6 Å². The molecule has 0 saturated heterocycles. The number of unbranched alkanes of at least 4 members (excludes halogenated alkanes) is 20. The molecular formula is C54H74N4O4S2. The van der Waals surface area contributed by atoms with Crippen molar-refractivity contribution in [3.05, 3.63) is 66.1 Å². The molecule has 0 atom stereocenters. The third-order valence-electron chi connectivity index (χ3n) is 13.7. The summed E-state index contributed by atoms with van der Waals surface area (Å²) in [4.78, 5) is 50.8. The van der Waals surface area contributed by atoms with Crippen molar-refractivity contribution >= 4 is 64.7 Å². The molecule has 1 aromatic carbocycles. The van der Waals surface area contributed by atoms with Gasteiger partial charge in [-0.1, -0.05) is 156 Å². The number of rotatable bonds is 29. The molecule has 0 bridgehead atoms. The van der Waals surface area contributed by atoms with Gasteiger partial charge in [-0.05, 0) is 55.3 Å². The maximum absolute atomic E-state index is 15.1. The Bertz CT molecular complexity index is 2790. The van der Waals surface area contributed by atoms with Gasteiger partial charge < -0.3 is 9.67 Å². The summed E-state index contributed by atoms with van der Waals surface area (Å²) >= 11 is 3.45. The highest BCUT2D eigenvalue weighted by Crippen LogP contribution is 2.47. The standard InChI is InChI=1S/C54H74N4O4S2/c1-5-9-13-17-21-25-30-55-41-36-40-45-46-39(51(59)58(54(62)48(41)46)33-28-24-20-16-12-8-4)35-38(47(45)53(61)57(52(40)60)32-27-23-19-15-11-7-3)44-37-43-50(64-44)49-42(29-34-63-49)56(43)31-26-22-18-14-10-6-2/h29,34-37,59H,5-28,30-33H2,1-4H3. The molecule has 346 valence electrons. The highest BCUT2D eigenvalue weighted by atomic mass is 32.1. The lowest BCUT2D eigenvalue weighted by molar-refractivity contribution is 0.406. The number of aromatic nitrogens is 3. The highest BCUT2D eigenvalue weighted by Gasteiger charge is 2.30. The summed E-state index contributed by atoms with van der Waals surface area (Å²) in [5.74, 6) is -0.0957. The zero-order valence-electron chi connectivity index (χ0n) is 39.5. The number of pyridine rings is 2. The maximum atomic E-state index is 15.1. The number of aromatic hydroxyl groups is 1. The fourth-order valence-electron chi connectivity index (χ4n) is 10.1. The van der Waals surface area contributed by atoms with Gasteiger partial charge in [-0.3, -0.25) is 28.5 Å². The second kappa shape index (κ2) is 23.4. The summed E-state index contributed by atoms with van der Waals surface area (Å²) < 4.78 is 7.91. The molecule has 64 heavy (non-hydrogen) atoms. The SMILES string of the molecule is CCCCCCCCN=c1cc2c(=O)n(CCCCCCCC)c(=O)c3c(-c4cc5c(s4)c4sccc4n5CCCCCCCC)cc4c(O)n(CCCCCCCC)c(=O)c1c4c3-2. The van der Waals surface area contributed by atoms with E-state index in [1.165, 1.54) is 83.7 Å². The Hall–Kier alpha value is -4.02. The first-order valence-electron chi connectivity index (χ1n) is 25.4. The average Bonchev–Trinajstić information content (AvgIpc) is 4.02. The molecule has 1 aliphatic carbocycles. The molecule has 0 amide bonds.